The van der Waals surface area contributed by atoms with Gasteiger partial charge in [0.05, 0.1) is 26.8 Å². The van der Waals surface area contributed by atoms with Crippen LogP contribution in [-0.4, -0.2) is 122 Å². The number of aromatic hydroxyl groups is 1. The second-order valence-electron chi connectivity index (χ2n) is 12.3. The van der Waals surface area contributed by atoms with E-state index in [1.165, 1.54) is 25.1 Å². The van der Waals surface area contributed by atoms with E-state index in [1.807, 2.05) is 0 Å². The molecule has 6 rings (SSSR count). The summed E-state index contributed by atoms with van der Waals surface area (Å²) in [6, 6.07) is 2.51. The normalized spacial score (nSPS) is 35.8. The molecule has 3 aliphatic heterocycles. The number of phenolic OH excluding ortho intramolecular Hbond substituents is 1. The van der Waals surface area contributed by atoms with Crippen LogP contribution in [0.5, 0.6) is 5.75 Å². The number of nitrogens with zero attached hydrogens (tertiary/aromatic N) is 1. The first kappa shape index (κ1) is 32.7. The van der Waals surface area contributed by atoms with E-state index in [2.05, 4.69) is 0 Å². The summed E-state index contributed by atoms with van der Waals surface area (Å²) in [6.07, 6.45) is -13.8. The zero-order valence-corrected chi connectivity index (χ0v) is 25.2. The maximum Gasteiger partial charge on any atom is 0.234 e. The van der Waals surface area contributed by atoms with E-state index in [1.54, 1.807) is 27.2 Å². The highest BCUT2D eigenvalue weighted by Gasteiger charge is 2.53. The molecule has 2 fully saturated rings. The van der Waals surface area contributed by atoms with E-state index in [-0.39, 0.29) is 43.5 Å². The molecule has 16 nitrogen and oxygen atoms in total. The Morgan fingerprint density at radius 3 is 2.24 bits per heavy atom. The summed E-state index contributed by atoms with van der Waals surface area (Å²) in [6.45, 7) is 2.24. The van der Waals surface area contributed by atoms with Crippen molar-refractivity contribution < 1.29 is 68.0 Å². The summed E-state index contributed by atoms with van der Waals surface area (Å²) < 4.78 is 34.9. The average molecular weight is 651 g/mol. The van der Waals surface area contributed by atoms with E-state index in [0.717, 1.165) is 0 Å². The number of ether oxygens (including phenoxy) is 4. The van der Waals surface area contributed by atoms with Crippen LogP contribution < -0.4 is 10.9 Å². The van der Waals surface area contributed by atoms with E-state index < -0.39 is 90.9 Å². The minimum Gasteiger partial charge on any atom is -0.506 e. The van der Waals surface area contributed by atoms with Gasteiger partial charge in [-0.2, -0.15) is 0 Å². The third-order valence-corrected chi connectivity index (χ3v) is 8.69. The second kappa shape index (κ2) is 11.8. The number of benzene rings is 1. The molecule has 0 bridgehead atoms. The van der Waals surface area contributed by atoms with Gasteiger partial charge in [-0.1, -0.05) is 0 Å². The molecule has 46 heavy (non-hydrogen) atoms. The van der Waals surface area contributed by atoms with Gasteiger partial charge in [-0.25, -0.2) is 0 Å². The van der Waals surface area contributed by atoms with Gasteiger partial charge in [0, 0.05) is 18.2 Å². The molecule has 16 heteroatoms. The first-order chi connectivity index (χ1) is 21.6. The van der Waals surface area contributed by atoms with Crippen LogP contribution in [-0.2, 0) is 18.9 Å². The van der Waals surface area contributed by atoms with Gasteiger partial charge in [0.2, 0.25) is 11.7 Å². The molecule has 2 aromatic heterocycles. The first-order valence-electron chi connectivity index (χ1n) is 14.6. The molecular formula is C30H36NO15+. The predicted octanol–water partition coefficient (Wildman–Crippen LogP) is -1.36. The monoisotopic (exact) mass is 650 g/mol. The summed E-state index contributed by atoms with van der Waals surface area (Å²) in [5.41, 5.74) is -1.47. The molecule has 0 spiro atoms. The van der Waals surface area contributed by atoms with E-state index in [0.29, 0.717) is 0 Å². The zero-order valence-electron chi connectivity index (χ0n) is 25.2. The highest BCUT2D eigenvalue weighted by atomic mass is 16.8. The lowest BCUT2D eigenvalue weighted by atomic mass is 9.97. The Balaban J connectivity index is 1.44. The van der Waals surface area contributed by atoms with Crippen LogP contribution in [0.2, 0.25) is 0 Å². The number of aliphatic hydroxyl groups is 6. The van der Waals surface area contributed by atoms with Crippen molar-refractivity contribution in [3.05, 3.63) is 55.9 Å². The van der Waals surface area contributed by atoms with Gasteiger partial charge in [-0.05, 0) is 13.8 Å². The molecule has 3 aliphatic rings. The van der Waals surface area contributed by atoms with Crippen molar-refractivity contribution in [2.75, 3.05) is 20.7 Å². The molecule has 5 heterocycles. The lowest BCUT2D eigenvalue weighted by Crippen LogP contribution is -2.64. The second-order valence-corrected chi connectivity index (χ2v) is 12.3. The molecule has 7 N–H and O–H groups in total. The van der Waals surface area contributed by atoms with Gasteiger partial charge in [0.1, 0.15) is 93.7 Å². The molecule has 0 radical (unpaired) electrons. The fourth-order valence-electron chi connectivity index (χ4n) is 6.09. The van der Waals surface area contributed by atoms with Crippen molar-refractivity contribution >= 4 is 28.0 Å². The van der Waals surface area contributed by atoms with Crippen molar-refractivity contribution in [3.63, 3.8) is 0 Å². The van der Waals surface area contributed by atoms with Crippen LogP contribution in [0, 0.1) is 6.92 Å². The van der Waals surface area contributed by atoms with Crippen LogP contribution in [0.15, 0.2) is 36.8 Å². The van der Waals surface area contributed by atoms with Crippen LogP contribution in [0.4, 0.5) is 0 Å². The Morgan fingerprint density at radius 1 is 0.848 bits per heavy atom. The molecule has 0 saturated carbocycles. The summed E-state index contributed by atoms with van der Waals surface area (Å²) in [5, 5.41) is 73.1. The van der Waals surface area contributed by atoms with E-state index in [4.69, 9.17) is 27.8 Å². The molecule has 11 atom stereocenters. The summed E-state index contributed by atoms with van der Waals surface area (Å²) in [4.78, 5) is 26.9. The van der Waals surface area contributed by atoms with Crippen LogP contribution in [0.1, 0.15) is 30.2 Å². The summed E-state index contributed by atoms with van der Waals surface area (Å²) in [7, 11) is 3.32. The Labute approximate surface area is 260 Å². The van der Waals surface area contributed by atoms with Gasteiger partial charge in [0.25, 0.3) is 0 Å². The lowest BCUT2D eigenvalue weighted by Gasteiger charge is -2.47. The molecule has 0 amide bonds. The lowest BCUT2D eigenvalue weighted by molar-refractivity contribution is -0.901. The maximum atomic E-state index is 14.2. The minimum atomic E-state index is -1.80. The molecule has 3 aromatic rings. The molecule has 250 valence electrons. The molecule has 2 saturated heterocycles. The third-order valence-electron chi connectivity index (χ3n) is 8.69. The standard InChI is InChI=1S/C30H35NO15/c1-10-7-12(33)17-14(41-10)8-15-18(22(17)36)23(37)19-13(43-15)5-6-31(3,4)28(19)46-30-27(25(39)21(35)16(9-32)44-30)45-29-26(40)24(38)20(34)11(2)42-29/h5-8,11,16,20-21,24-30,32,34-35,38-40H,9H2,1-4H3/p+1. The van der Waals surface area contributed by atoms with Crippen LogP contribution in [0.3, 0.4) is 0 Å². The smallest absolute Gasteiger partial charge is 0.234 e. The number of hydrogen-bond acceptors (Lipinski definition) is 15. The predicted molar refractivity (Wildman–Crippen MR) is 155 cm³/mol. The van der Waals surface area contributed by atoms with Crippen molar-refractivity contribution in [2.45, 2.75) is 81.5 Å². The fraction of sp³-hybridized carbons (Fsp3) is 0.533. The Hall–Kier alpha value is -3.26. The van der Waals surface area contributed by atoms with Crippen molar-refractivity contribution in [2.24, 2.45) is 0 Å². The van der Waals surface area contributed by atoms with Crippen molar-refractivity contribution in [1.29, 1.82) is 0 Å². The van der Waals surface area contributed by atoms with Gasteiger partial charge < -0.3 is 58.8 Å². The quantitative estimate of drug-likeness (QED) is 0.125. The Kier molecular flexibility index (Phi) is 8.36. The van der Waals surface area contributed by atoms with Crippen molar-refractivity contribution in [3.8, 4) is 5.75 Å². The molecular weight excluding hydrogens is 614 g/mol. The number of aliphatic hydroxyl groups excluding tert-OH is 6. The largest absolute Gasteiger partial charge is 0.506 e. The number of aryl methyl sites for hydroxylation is 1. The fourth-order valence-corrected chi connectivity index (χ4v) is 6.09. The first-order valence-corrected chi connectivity index (χ1v) is 14.6. The van der Waals surface area contributed by atoms with E-state index in [9.17, 15) is 45.3 Å². The van der Waals surface area contributed by atoms with Gasteiger partial charge in [-0.15, -0.1) is 0 Å². The molecule has 11 unspecified atom stereocenters. The number of phenols is 1. The number of hydrogen-bond donors (Lipinski definition) is 7. The maximum absolute atomic E-state index is 14.2. The summed E-state index contributed by atoms with van der Waals surface area (Å²) >= 11 is 0. The van der Waals surface area contributed by atoms with Crippen LogP contribution in [0.25, 0.3) is 28.0 Å². The topological polar surface area (TPSA) is 239 Å². The number of rotatable bonds is 5. The van der Waals surface area contributed by atoms with E-state index >= 15 is 0 Å². The Bertz CT molecular complexity index is 1800. The minimum absolute atomic E-state index is 0.0130. The zero-order chi connectivity index (χ0) is 33.4. The number of quaternary nitrogens is 1. The highest BCUT2D eigenvalue weighted by molar-refractivity contribution is 6.00. The van der Waals surface area contributed by atoms with Gasteiger partial charge in [0.15, 0.2) is 18.0 Å². The van der Waals surface area contributed by atoms with Crippen molar-refractivity contribution in [1.82, 2.24) is 0 Å². The average Bonchev–Trinajstić information content (AvgIpc) is 2.98. The summed E-state index contributed by atoms with van der Waals surface area (Å²) in [5.74, 6) is -0.324. The third kappa shape index (κ3) is 5.25. The van der Waals surface area contributed by atoms with Gasteiger partial charge in [-0.3, -0.25) is 18.8 Å². The highest BCUT2D eigenvalue weighted by Crippen LogP contribution is 2.40. The van der Waals surface area contributed by atoms with Crippen LogP contribution >= 0.6 is 0 Å². The Morgan fingerprint density at radius 2 is 1.54 bits per heavy atom. The molecule has 1 aromatic carbocycles. The van der Waals surface area contributed by atoms with Gasteiger partial charge >= 0.3 is 0 Å². The number of fused-ring (bicyclic) bond motifs is 3. The molecule has 0 aliphatic carbocycles. The SMILES string of the molecule is Cc1cc(=O)c2c(O)c3c(=O)c4c(oc3cc2o1)C=C[N+](C)(C)C4OC1OC(CO)C(O)C(O)C1OC1OC(C)C(O)C(O)C1O.